The second-order valence-corrected chi connectivity index (χ2v) is 9.53. The fraction of sp³-hybridized carbons (Fsp3) is 0.900. The molecule has 0 saturated carbocycles. The van der Waals surface area contributed by atoms with E-state index in [1.165, 1.54) is 0 Å². The fourth-order valence-corrected chi connectivity index (χ4v) is 2.18. The second-order valence-electron chi connectivity index (χ2n) is 9.53. The molecule has 0 aromatic heterocycles. The van der Waals surface area contributed by atoms with Gasteiger partial charge in [-0.3, -0.25) is 9.98 Å². The van der Waals surface area contributed by atoms with E-state index < -0.39 is 0 Å². The first-order valence-corrected chi connectivity index (χ1v) is 8.89. The third-order valence-electron chi connectivity index (χ3n) is 4.63. The van der Waals surface area contributed by atoms with E-state index in [4.69, 9.17) is 4.99 Å². The van der Waals surface area contributed by atoms with E-state index in [-0.39, 0.29) is 34.3 Å². The molecule has 0 aliphatic heterocycles. The van der Waals surface area contributed by atoms with Crippen molar-refractivity contribution in [3.8, 4) is 0 Å². The van der Waals surface area contributed by atoms with Gasteiger partial charge >= 0.3 is 0 Å². The summed E-state index contributed by atoms with van der Waals surface area (Å²) in [5, 5.41) is 0. The highest BCUT2D eigenvalue weighted by Crippen LogP contribution is 2.31. The summed E-state index contributed by atoms with van der Waals surface area (Å²) in [5.41, 5.74) is 0.710. The van der Waals surface area contributed by atoms with Crippen LogP contribution < -0.4 is 0 Å². The Balaban J connectivity index is 5.01. The summed E-state index contributed by atoms with van der Waals surface area (Å²) in [6.45, 7) is 22.9. The minimum Gasteiger partial charge on any atom is -0.288 e. The van der Waals surface area contributed by atoms with Crippen LogP contribution in [0, 0.1) is 17.3 Å². The maximum absolute atomic E-state index is 14.3. The van der Waals surface area contributed by atoms with Crippen LogP contribution in [-0.4, -0.2) is 22.8 Å². The standard InChI is InChI=1S/C20H39FN2/c1-14(2)15(3)17(21)23-20(10,11)13-12-19(8,9)16(4)22-18(5,6)7/h14-15H,12-13H2,1-11H3. The third kappa shape index (κ3) is 8.62. The third-order valence-corrected chi connectivity index (χ3v) is 4.63. The number of nitrogens with zero attached hydrogens (tertiary/aromatic N) is 2. The lowest BCUT2D eigenvalue weighted by Gasteiger charge is -2.31. The molecule has 1 atom stereocenters. The van der Waals surface area contributed by atoms with Crippen molar-refractivity contribution in [1.29, 1.82) is 0 Å². The zero-order valence-corrected chi connectivity index (χ0v) is 17.3. The van der Waals surface area contributed by atoms with E-state index >= 15 is 0 Å². The number of hydrogen-bond acceptors (Lipinski definition) is 2. The fourth-order valence-electron chi connectivity index (χ4n) is 2.18. The zero-order chi connectivity index (χ0) is 18.6. The normalized spacial score (nSPS) is 16.9. The molecule has 0 heterocycles. The maximum atomic E-state index is 14.3. The minimum atomic E-state index is -0.382. The predicted octanol–water partition coefficient (Wildman–Crippen LogP) is 6.49. The monoisotopic (exact) mass is 326 g/mol. The predicted molar refractivity (Wildman–Crippen MR) is 103 cm³/mol. The molecule has 23 heavy (non-hydrogen) atoms. The molecule has 0 rings (SSSR count). The van der Waals surface area contributed by atoms with Gasteiger partial charge in [0.05, 0.1) is 11.1 Å². The molecule has 0 aliphatic carbocycles. The van der Waals surface area contributed by atoms with Crippen molar-refractivity contribution in [2.45, 2.75) is 100 Å². The van der Waals surface area contributed by atoms with Gasteiger partial charge in [-0.1, -0.05) is 34.6 Å². The highest BCUT2D eigenvalue weighted by atomic mass is 19.1. The van der Waals surface area contributed by atoms with Crippen LogP contribution in [0.4, 0.5) is 4.39 Å². The molecule has 0 aromatic carbocycles. The highest BCUT2D eigenvalue weighted by Gasteiger charge is 2.28. The van der Waals surface area contributed by atoms with Crippen LogP contribution in [0.15, 0.2) is 9.98 Å². The highest BCUT2D eigenvalue weighted by molar-refractivity contribution is 5.87. The van der Waals surface area contributed by atoms with E-state index in [1.807, 2.05) is 34.6 Å². The smallest absolute Gasteiger partial charge is 0.188 e. The van der Waals surface area contributed by atoms with Crippen molar-refractivity contribution in [2.75, 3.05) is 0 Å². The Morgan fingerprint density at radius 2 is 1.35 bits per heavy atom. The Morgan fingerprint density at radius 1 is 0.870 bits per heavy atom. The van der Waals surface area contributed by atoms with Crippen LogP contribution in [-0.2, 0) is 0 Å². The molecule has 0 fully saturated rings. The molecular weight excluding hydrogens is 287 g/mol. The molecule has 0 aliphatic rings. The summed E-state index contributed by atoms with van der Waals surface area (Å²) in [6.07, 6.45) is 1.79. The van der Waals surface area contributed by atoms with E-state index in [0.717, 1.165) is 18.6 Å². The lowest BCUT2D eigenvalue weighted by Crippen LogP contribution is -2.29. The van der Waals surface area contributed by atoms with Crippen LogP contribution in [0.25, 0.3) is 0 Å². The van der Waals surface area contributed by atoms with Crippen molar-refractivity contribution in [1.82, 2.24) is 0 Å². The Bertz CT molecular complexity index is 437. The summed E-state index contributed by atoms with van der Waals surface area (Å²) in [7, 11) is 0. The molecule has 1 unspecified atom stereocenters. The molecule has 0 N–H and O–H groups in total. The van der Waals surface area contributed by atoms with Gasteiger partial charge in [-0.15, -0.1) is 0 Å². The van der Waals surface area contributed by atoms with Crippen LogP contribution in [0.2, 0.25) is 0 Å². The number of rotatable bonds is 7. The lowest BCUT2D eigenvalue weighted by molar-refractivity contribution is 0.362. The van der Waals surface area contributed by atoms with Gasteiger partial charge in [-0.05, 0) is 60.3 Å². The maximum Gasteiger partial charge on any atom is 0.188 e. The molecule has 2 nitrogen and oxygen atoms in total. The molecule has 136 valence electrons. The molecule has 0 saturated heterocycles. The average molecular weight is 327 g/mol. The quantitative estimate of drug-likeness (QED) is 0.478. The summed E-state index contributed by atoms with van der Waals surface area (Å²) in [4.78, 5) is 9.18. The first kappa shape index (κ1) is 22.3. The Kier molecular flexibility index (Phi) is 7.64. The molecule has 0 aromatic rings. The van der Waals surface area contributed by atoms with Gasteiger partial charge in [-0.2, -0.15) is 4.39 Å². The summed E-state index contributed by atoms with van der Waals surface area (Å²) in [6, 6.07) is 0. The molecule has 0 spiro atoms. The Morgan fingerprint density at radius 3 is 1.74 bits per heavy atom. The van der Waals surface area contributed by atoms with Gasteiger partial charge < -0.3 is 0 Å². The van der Waals surface area contributed by atoms with Crippen molar-refractivity contribution in [3.05, 3.63) is 0 Å². The van der Waals surface area contributed by atoms with Crippen LogP contribution >= 0.6 is 0 Å². The van der Waals surface area contributed by atoms with Gasteiger partial charge in [0.1, 0.15) is 0 Å². The second kappa shape index (κ2) is 7.90. The van der Waals surface area contributed by atoms with Crippen LogP contribution in [0.3, 0.4) is 0 Å². The van der Waals surface area contributed by atoms with Crippen molar-refractivity contribution in [2.24, 2.45) is 27.2 Å². The molecule has 0 amide bonds. The Hall–Kier alpha value is -0.730. The van der Waals surface area contributed by atoms with Gasteiger partial charge in [0.2, 0.25) is 0 Å². The zero-order valence-electron chi connectivity index (χ0n) is 17.3. The van der Waals surface area contributed by atoms with Crippen molar-refractivity contribution >= 4 is 11.7 Å². The van der Waals surface area contributed by atoms with Crippen molar-refractivity contribution in [3.63, 3.8) is 0 Å². The van der Waals surface area contributed by atoms with Crippen LogP contribution in [0.5, 0.6) is 0 Å². The van der Waals surface area contributed by atoms with Crippen LogP contribution in [0.1, 0.15) is 89.0 Å². The average Bonchev–Trinajstić information content (AvgIpc) is 2.33. The van der Waals surface area contributed by atoms with Gasteiger partial charge in [0.15, 0.2) is 5.97 Å². The number of halogens is 1. The minimum absolute atomic E-state index is 0.000209. The molecule has 0 bridgehead atoms. The topological polar surface area (TPSA) is 24.7 Å². The molecule has 3 heteroatoms. The number of hydrogen-bond donors (Lipinski definition) is 0. The first-order valence-electron chi connectivity index (χ1n) is 8.89. The summed E-state index contributed by atoms with van der Waals surface area (Å²) in [5.74, 6) is -0.0680. The van der Waals surface area contributed by atoms with E-state index in [2.05, 4.69) is 46.5 Å². The van der Waals surface area contributed by atoms with Crippen molar-refractivity contribution < 1.29 is 4.39 Å². The van der Waals surface area contributed by atoms with Gasteiger partial charge in [0.25, 0.3) is 0 Å². The SMILES string of the molecule is CC(=NC(C)(C)C)C(C)(C)CCC(C)(C)N=C(F)C(C)C(C)C. The molecular formula is C20H39FN2. The van der Waals surface area contributed by atoms with Gasteiger partial charge in [-0.25, -0.2) is 0 Å². The number of aliphatic imine (C=N–C) groups is 2. The summed E-state index contributed by atoms with van der Waals surface area (Å²) >= 11 is 0. The first-order chi connectivity index (χ1) is 10.1. The van der Waals surface area contributed by atoms with E-state index in [9.17, 15) is 4.39 Å². The van der Waals surface area contributed by atoms with E-state index in [1.54, 1.807) is 0 Å². The van der Waals surface area contributed by atoms with E-state index in [0.29, 0.717) is 0 Å². The van der Waals surface area contributed by atoms with Gasteiger partial charge in [0, 0.05) is 17.0 Å². The Labute approximate surface area is 144 Å². The summed E-state index contributed by atoms with van der Waals surface area (Å²) < 4.78 is 14.3. The largest absolute Gasteiger partial charge is 0.288 e. The molecule has 0 radical (unpaired) electrons. The lowest BCUT2D eigenvalue weighted by atomic mass is 9.79.